The Labute approximate surface area is 99.7 Å². The summed E-state index contributed by atoms with van der Waals surface area (Å²) < 4.78 is 3.34. The topological polar surface area (TPSA) is 51.9 Å². The highest BCUT2D eigenvalue weighted by molar-refractivity contribution is 5.44. The Morgan fingerprint density at radius 3 is 2.59 bits per heavy atom. The number of hydrogen-bond donors (Lipinski definition) is 1. The molecule has 1 N–H and O–H groups in total. The predicted octanol–water partition coefficient (Wildman–Crippen LogP) is 1.23. The lowest BCUT2D eigenvalue weighted by atomic mass is 10.2. The van der Waals surface area contributed by atoms with Gasteiger partial charge >= 0.3 is 0 Å². The van der Waals surface area contributed by atoms with Crippen LogP contribution in [0.1, 0.15) is 11.3 Å². The first-order valence-corrected chi connectivity index (χ1v) is 5.46. The van der Waals surface area contributed by atoms with Gasteiger partial charge in [-0.1, -0.05) is 0 Å². The maximum absolute atomic E-state index is 12.1. The fraction of sp³-hybridized carbons (Fsp3) is 0.333. The van der Waals surface area contributed by atoms with Crippen LogP contribution in [0.2, 0.25) is 0 Å². The molecule has 0 aliphatic carbocycles. The lowest BCUT2D eigenvalue weighted by molar-refractivity contribution is 0.724. The van der Waals surface area contributed by atoms with Gasteiger partial charge in [-0.3, -0.25) is 14.0 Å². The van der Waals surface area contributed by atoms with Gasteiger partial charge in [-0.2, -0.15) is 5.10 Å². The van der Waals surface area contributed by atoms with Gasteiger partial charge in [0.15, 0.2) is 5.82 Å². The second-order valence-electron chi connectivity index (χ2n) is 4.00. The van der Waals surface area contributed by atoms with Crippen LogP contribution in [0.15, 0.2) is 23.1 Å². The molecule has 0 aromatic carbocycles. The van der Waals surface area contributed by atoms with Crippen LogP contribution in [0.4, 0.5) is 5.69 Å². The van der Waals surface area contributed by atoms with Crippen molar-refractivity contribution in [2.75, 3.05) is 12.4 Å². The number of aryl methyl sites for hydroxylation is 1. The first-order valence-electron chi connectivity index (χ1n) is 5.46. The van der Waals surface area contributed by atoms with Gasteiger partial charge in [-0.15, -0.1) is 0 Å². The number of nitrogens with zero attached hydrogens (tertiary/aromatic N) is 3. The molecule has 2 rings (SSSR count). The van der Waals surface area contributed by atoms with Gasteiger partial charge in [0.1, 0.15) is 5.69 Å². The quantitative estimate of drug-likeness (QED) is 0.847. The van der Waals surface area contributed by atoms with E-state index in [0.29, 0.717) is 11.5 Å². The van der Waals surface area contributed by atoms with E-state index in [1.54, 1.807) is 28.6 Å². The number of hydrogen-bond acceptors (Lipinski definition) is 3. The molecule has 0 aliphatic heterocycles. The minimum absolute atomic E-state index is 0.0869. The largest absolute Gasteiger partial charge is 0.384 e. The van der Waals surface area contributed by atoms with Crippen LogP contribution in [0.25, 0.3) is 5.82 Å². The summed E-state index contributed by atoms with van der Waals surface area (Å²) in [5.74, 6) is 0.687. The number of aromatic nitrogens is 3. The molecule has 2 aromatic rings. The molecule has 90 valence electrons. The van der Waals surface area contributed by atoms with Crippen LogP contribution < -0.4 is 10.9 Å². The Morgan fingerprint density at radius 1 is 1.35 bits per heavy atom. The molecule has 5 heteroatoms. The lowest BCUT2D eigenvalue weighted by Gasteiger charge is -2.05. The van der Waals surface area contributed by atoms with E-state index in [1.807, 2.05) is 27.0 Å². The van der Waals surface area contributed by atoms with E-state index in [0.717, 1.165) is 11.3 Å². The molecule has 17 heavy (non-hydrogen) atoms. The van der Waals surface area contributed by atoms with Crippen LogP contribution in [0.3, 0.4) is 0 Å². The summed E-state index contributed by atoms with van der Waals surface area (Å²) in [6.45, 7) is 3.95. The first kappa shape index (κ1) is 11.4. The highest BCUT2D eigenvalue weighted by atomic mass is 16.1. The van der Waals surface area contributed by atoms with E-state index in [9.17, 15) is 4.79 Å². The van der Waals surface area contributed by atoms with Crippen molar-refractivity contribution in [2.24, 2.45) is 7.05 Å². The Morgan fingerprint density at radius 2 is 2.06 bits per heavy atom. The molecule has 0 amide bonds. The maximum atomic E-state index is 12.1. The molecule has 2 aromatic heterocycles. The van der Waals surface area contributed by atoms with E-state index >= 15 is 0 Å². The molecule has 0 saturated heterocycles. The second kappa shape index (κ2) is 4.08. The molecule has 5 nitrogen and oxygen atoms in total. The highest BCUT2D eigenvalue weighted by Crippen LogP contribution is 2.14. The van der Waals surface area contributed by atoms with E-state index in [-0.39, 0.29) is 5.56 Å². The van der Waals surface area contributed by atoms with Gasteiger partial charge < -0.3 is 5.32 Å². The Hall–Kier alpha value is -2.04. The minimum atomic E-state index is -0.0869. The van der Waals surface area contributed by atoms with E-state index in [2.05, 4.69) is 10.4 Å². The van der Waals surface area contributed by atoms with Crippen LogP contribution in [-0.4, -0.2) is 21.4 Å². The number of nitrogens with one attached hydrogen (secondary N) is 1. The number of rotatable bonds is 2. The zero-order chi connectivity index (χ0) is 12.6. The van der Waals surface area contributed by atoms with Gasteiger partial charge in [0, 0.05) is 31.5 Å². The standard InChI is InChI=1S/C12H16N4O/c1-8-9(2)15(4)14-11(8)16-7-5-6-10(13-3)12(16)17/h5-7,13H,1-4H3. The third kappa shape index (κ3) is 1.73. The average molecular weight is 232 g/mol. The van der Waals surface area contributed by atoms with Crippen molar-refractivity contribution in [3.05, 3.63) is 39.9 Å². The molecule has 0 aliphatic rings. The van der Waals surface area contributed by atoms with Crippen molar-refractivity contribution in [3.63, 3.8) is 0 Å². The Kier molecular flexibility index (Phi) is 2.75. The average Bonchev–Trinajstić information content (AvgIpc) is 2.57. The molecule has 0 saturated carbocycles. The maximum Gasteiger partial charge on any atom is 0.279 e. The normalized spacial score (nSPS) is 10.6. The van der Waals surface area contributed by atoms with Crippen LogP contribution in [-0.2, 0) is 7.05 Å². The summed E-state index contributed by atoms with van der Waals surface area (Å²) in [7, 11) is 3.61. The fourth-order valence-electron chi connectivity index (χ4n) is 1.78. The van der Waals surface area contributed by atoms with E-state index < -0.39 is 0 Å². The molecule has 0 unspecified atom stereocenters. The zero-order valence-corrected chi connectivity index (χ0v) is 10.5. The number of pyridine rings is 1. The molecular formula is C12H16N4O. The zero-order valence-electron chi connectivity index (χ0n) is 10.5. The third-order valence-electron chi connectivity index (χ3n) is 3.05. The van der Waals surface area contributed by atoms with E-state index in [4.69, 9.17) is 0 Å². The molecule has 0 spiro atoms. The summed E-state index contributed by atoms with van der Waals surface area (Å²) in [6.07, 6.45) is 1.73. The van der Waals surface area contributed by atoms with Crippen molar-refractivity contribution in [2.45, 2.75) is 13.8 Å². The second-order valence-corrected chi connectivity index (χ2v) is 4.00. The molecule has 0 atom stereocenters. The SMILES string of the molecule is CNc1cccn(-c2nn(C)c(C)c2C)c1=O. The van der Waals surface area contributed by atoms with Crippen molar-refractivity contribution in [1.82, 2.24) is 14.3 Å². The third-order valence-corrected chi connectivity index (χ3v) is 3.05. The highest BCUT2D eigenvalue weighted by Gasteiger charge is 2.12. The van der Waals surface area contributed by atoms with Gasteiger partial charge in [0.05, 0.1) is 0 Å². The predicted molar refractivity (Wildman–Crippen MR) is 67.8 cm³/mol. The van der Waals surface area contributed by atoms with Gasteiger partial charge in [0.2, 0.25) is 0 Å². The number of anilines is 1. The Bertz CT molecular complexity index is 609. The molecule has 0 fully saturated rings. The van der Waals surface area contributed by atoms with Gasteiger partial charge in [-0.25, -0.2) is 0 Å². The summed E-state index contributed by atoms with van der Waals surface area (Å²) in [4.78, 5) is 12.1. The van der Waals surface area contributed by atoms with Crippen LogP contribution in [0.5, 0.6) is 0 Å². The first-order chi connectivity index (χ1) is 8.06. The van der Waals surface area contributed by atoms with Gasteiger partial charge in [0.25, 0.3) is 5.56 Å². The van der Waals surface area contributed by atoms with Crippen molar-refractivity contribution >= 4 is 5.69 Å². The van der Waals surface area contributed by atoms with Crippen molar-refractivity contribution in [1.29, 1.82) is 0 Å². The summed E-state index contributed by atoms with van der Waals surface area (Å²) in [5, 5.41) is 7.25. The summed E-state index contributed by atoms with van der Waals surface area (Å²) in [5.41, 5.74) is 2.55. The molecule has 2 heterocycles. The van der Waals surface area contributed by atoms with Gasteiger partial charge in [-0.05, 0) is 26.0 Å². The Balaban J connectivity index is 2.69. The molecule has 0 bridgehead atoms. The van der Waals surface area contributed by atoms with Crippen molar-refractivity contribution in [3.8, 4) is 5.82 Å². The lowest BCUT2D eigenvalue weighted by Crippen LogP contribution is -2.21. The van der Waals surface area contributed by atoms with Crippen molar-refractivity contribution < 1.29 is 0 Å². The van der Waals surface area contributed by atoms with Crippen LogP contribution >= 0.6 is 0 Å². The van der Waals surface area contributed by atoms with Crippen LogP contribution in [0, 0.1) is 13.8 Å². The summed E-state index contributed by atoms with van der Waals surface area (Å²) in [6, 6.07) is 3.58. The summed E-state index contributed by atoms with van der Waals surface area (Å²) >= 11 is 0. The van der Waals surface area contributed by atoms with E-state index in [1.165, 1.54) is 0 Å². The fourth-order valence-corrected chi connectivity index (χ4v) is 1.78. The molecular weight excluding hydrogens is 216 g/mol. The minimum Gasteiger partial charge on any atom is -0.384 e. The monoisotopic (exact) mass is 232 g/mol. The molecule has 0 radical (unpaired) electrons. The smallest absolute Gasteiger partial charge is 0.279 e.